The standard InChI is InChI=1S/C20H43NO8Si/c1-7-24-19(6)26-17-16-23-15-14-21(20(22)25-8-2)13-12-18-30(27-9-3,28-10-4)29-11-5/h19H,7-18H2,1-6H3/t19-/m1/s1. The molecule has 9 nitrogen and oxygen atoms in total. The molecular formula is C20H43NO8Si. The molecule has 0 aromatic rings. The highest BCUT2D eigenvalue weighted by Gasteiger charge is 2.39. The van der Waals surface area contributed by atoms with Gasteiger partial charge in [-0.15, -0.1) is 0 Å². The number of rotatable bonds is 20. The Morgan fingerprint density at radius 2 is 1.43 bits per heavy atom. The normalized spacial score (nSPS) is 12.7. The van der Waals surface area contributed by atoms with Gasteiger partial charge in [0.1, 0.15) is 0 Å². The molecule has 0 spiro atoms. The second-order valence-corrected chi connectivity index (χ2v) is 9.01. The van der Waals surface area contributed by atoms with E-state index in [4.69, 9.17) is 32.2 Å². The summed E-state index contributed by atoms with van der Waals surface area (Å²) in [5.74, 6) is 0. The third kappa shape index (κ3) is 13.5. The summed E-state index contributed by atoms with van der Waals surface area (Å²) in [5, 5.41) is 0. The lowest BCUT2D eigenvalue weighted by Crippen LogP contribution is -2.46. The first kappa shape index (κ1) is 29.2. The Kier molecular flexibility index (Phi) is 18.5. The number of nitrogens with zero attached hydrogens (tertiary/aromatic N) is 1. The molecule has 0 aliphatic carbocycles. The van der Waals surface area contributed by atoms with Gasteiger partial charge in [0.05, 0.1) is 26.4 Å². The van der Waals surface area contributed by atoms with E-state index in [0.29, 0.717) is 78.4 Å². The Bertz CT molecular complexity index is 399. The van der Waals surface area contributed by atoms with Crippen molar-refractivity contribution in [3.05, 3.63) is 0 Å². The van der Waals surface area contributed by atoms with Crippen molar-refractivity contribution in [3.8, 4) is 0 Å². The van der Waals surface area contributed by atoms with Crippen molar-refractivity contribution < 1.29 is 37.0 Å². The molecule has 1 amide bonds. The van der Waals surface area contributed by atoms with E-state index >= 15 is 0 Å². The van der Waals surface area contributed by atoms with E-state index in [0.717, 1.165) is 0 Å². The van der Waals surface area contributed by atoms with Gasteiger partial charge in [0, 0.05) is 45.6 Å². The van der Waals surface area contributed by atoms with Crippen LogP contribution in [0.25, 0.3) is 0 Å². The fourth-order valence-electron chi connectivity index (χ4n) is 2.83. The molecule has 0 N–H and O–H groups in total. The molecule has 1 atom stereocenters. The van der Waals surface area contributed by atoms with Gasteiger partial charge in [-0.1, -0.05) is 0 Å². The van der Waals surface area contributed by atoms with Gasteiger partial charge in [0.15, 0.2) is 6.29 Å². The van der Waals surface area contributed by atoms with Crippen LogP contribution in [0.15, 0.2) is 0 Å². The largest absolute Gasteiger partial charge is 0.500 e. The van der Waals surface area contributed by atoms with Crippen molar-refractivity contribution in [2.24, 2.45) is 0 Å². The molecule has 0 aromatic carbocycles. The summed E-state index contributed by atoms with van der Waals surface area (Å²) in [5.41, 5.74) is 0. The monoisotopic (exact) mass is 453 g/mol. The van der Waals surface area contributed by atoms with Gasteiger partial charge in [-0.05, 0) is 48.0 Å². The topological polar surface area (TPSA) is 84.9 Å². The second-order valence-electron chi connectivity index (χ2n) is 6.28. The Morgan fingerprint density at radius 3 is 1.97 bits per heavy atom. The molecule has 0 heterocycles. The molecule has 0 saturated heterocycles. The van der Waals surface area contributed by atoms with Crippen LogP contribution in [0.1, 0.15) is 48.0 Å². The smallest absolute Gasteiger partial charge is 0.450 e. The summed E-state index contributed by atoms with van der Waals surface area (Å²) in [6, 6.07) is 0.641. The zero-order valence-corrected chi connectivity index (χ0v) is 20.8. The molecule has 0 radical (unpaired) electrons. The van der Waals surface area contributed by atoms with Crippen LogP contribution in [0.3, 0.4) is 0 Å². The van der Waals surface area contributed by atoms with E-state index in [1.165, 1.54) is 0 Å². The molecular weight excluding hydrogens is 410 g/mol. The van der Waals surface area contributed by atoms with Crippen molar-refractivity contribution >= 4 is 14.9 Å². The zero-order valence-electron chi connectivity index (χ0n) is 19.8. The minimum Gasteiger partial charge on any atom is -0.450 e. The molecule has 0 bridgehead atoms. The fraction of sp³-hybridized carbons (Fsp3) is 0.950. The van der Waals surface area contributed by atoms with Crippen LogP contribution in [0.5, 0.6) is 0 Å². The first-order valence-electron chi connectivity index (χ1n) is 11.1. The Balaban J connectivity index is 4.49. The first-order chi connectivity index (χ1) is 14.5. The number of carbonyl (C=O) groups excluding carboxylic acids is 1. The lowest BCUT2D eigenvalue weighted by molar-refractivity contribution is -0.136. The van der Waals surface area contributed by atoms with Crippen LogP contribution in [0.4, 0.5) is 4.79 Å². The SMILES string of the molecule is CCOC(=O)N(CCC[Si](OCC)(OCC)OCC)CCOCCO[C@H](C)OCC. The molecule has 0 aliphatic rings. The van der Waals surface area contributed by atoms with Crippen molar-refractivity contribution in [1.29, 1.82) is 0 Å². The Morgan fingerprint density at radius 1 is 0.800 bits per heavy atom. The van der Waals surface area contributed by atoms with Crippen LogP contribution in [-0.4, -0.2) is 92.0 Å². The minimum absolute atomic E-state index is 0.250. The van der Waals surface area contributed by atoms with E-state index < -0.39 is 8.80 Å². The zero-order chi connectivity index (χ0) is 22.7. The summed E-state index contributed by atoms with van der Waals surface area (Å²) in [6.07, 6.45) is 0.0962. The van der Waals surface area contributed by atoms with Crippen LogP contribution in [-0.2, 0) is 32.2 Å². The van der Waals surface area contributed by atoms with Crippen molar-refractivity contribution in [2.75, 3.05) is 65.9 Å². The quantitative estimate of drug-likeness (QED) is 0.158. The van der Waals surface area contributed by atoms with Gasteiger partial charge in [0.25, 0.3) is 0 Å². The van der Waals surface area contributed by atoms with Crippen molar-refractivity contribution in [1.82, 2.24) is 4.90 Å². The first-order valence-corrected chi connectivity index (χ1v) is 13.1. The molecule has 0 unspecified atom stereocenters. The lowest BCUT2D eigenvalue weighted by Gasteiger charge is -2.29. The third-order valence-corrected chi connectivity index (χ3v) is 7.17. The number of amides is 1. The average molecular weight is 454 g/mol. The summed E-state index contributed by atoms with van der Waals surface area (Å²) in [7, 11) is -2.72. The number of hydrogen-bond donors (Lipinski definition) is 0. The van der Waals surface area contributed by atoms with E-state index in [-0.39, 0.29) is 12.4 Å². The van der Waals surface area contributed by atoms with E-state index in [1.54, 1.807) is 11.8 Å². The second kappa shape index (κ2) is 19.0. The van der Waals surface area contributed by atoms with Crippen molar-refractivity contribution in [2.45, 2.75) is 60.3 Å². The van der Waals surface area contributed by atoms with Gasteiger partial charge >= 0.3 is 14.9 Å². The van der Waals surface area contributed by atoms with Gasteiger partial charge < -0.3 is 37.1 Å². The van der Waals surface area contributed by atoms with Crippen LogP contribution < -0.4 is 0 Å². The molecule has 0 aromatic heterocycles. The number of ether oxygens (including phenoxy) is 4. The maximum absolute atomic E-state index is 12.3. The lowest BCUT2D eigenvalue weighted by atomic mass is 10.4. The molecule has 0 aliphatic heterocycles. The van der Waals surface area contributed by atoms with Crippen LogP contribution >= 0.6 is 0 Å². The molecule has 10 heteroatoms. The maximum Gasteiger partial charge on any atom is 0.500 e. The van der Waals surface area contributed by atoms with Gasteiger partial charge in [-0.2, -0.15) is 0 Å². The highest BCUT2D eigenvalue weighted by molar-refractivity contribution is 6.60. The van der Waals surface area contributed by atoms with Gasteiger partial charge in [-0.25, -0.2) is 4.79 Å². The summed E-state index contributed by atoms with van der Waals surface area (Å²) >= 11 is 0. The van der Waals surface area contributed by atoms with Crippen molar-refractivity contribution in [3.63, 3.8) is 0 Å². The predicted molar refractivity (Wildman–Crippen MR) is 117 cm³/mol. The highest BCUT2D eigenvalue weighted by atomic mass is 28.4. The van der Waals surface area contributed by atoms with E-state index in [9.17, 15) is 4.79 Å². The highest BCUT2D eigenvalue weighted by Crippen LogP contribution is 2.18. The van der Waals surface area contributed by atoms with Gasteiger partial charge in [-0.3, -0.25) is 0 Å². The van der Waals surface area contributed by atoms with Gasteiger partial charge in [0.2, 0.25) is 0 Å². The van der Waals surface area contributed by atoms with Crippen LogP contribution in [0, 0.1) is 0 Å². The minimum atomic E-state index is -2.72. The van der Waals surface area contributed by atoms with E-state index in [2.05, 4.69) is 0 Å². The molecule has 180 valence electrons. The van der Waals surface area contributed by atoms with Crippen LogP contribution in [0.2, 0.25) is 6.04 Å². The third-order valence-electron chi connectivity index (χ3n) is 4.02. The average Bonchev–Trinajstić information content (AvgIpc) is 2.70. The molecule has 0 saturated carbocycles. The summed E-state index contributed by atoms with van der Waals surface area (Å²) in [6.45, 7) is 16.1. The molecule has 0 fully saturated rings. The molecule has 0 rings (SSSR count). The summed E-state index contributed by atoms with van der Waals surface area (Å²) < 4.78 is 39.1. The van der Waals surface area contributed by atoms with E-state index in [1.807, 2.05) is 34.6 Å². The maximum atomic E-state index is 12.3. The Hall–Kier alpha value is -0.753. The predicted octanol–water partition coefficient (Wildman–Crippen LogP) is 3.30. The number of hydrogen-bond acceptors (Lipinski definition) is 8. The summed E-state index contributed by atoms with van der Waals surface area (Å²) in [4.78, 5) is 13.9. The number of carbonyl (C=O) groups is 1. The fourth-order valence-corrected chi connectivity index (χ4v) is 5.42. The Labute approximate surface area is 183 Å². The molecule has 30 heavy (non-hydrogen) atoms.